The lowest BCUT2D eigenvalue weighted by Crippen LogP contribution is -2.27. The van der Waals surface area contributed by atoms with Gasteiger partial charge in [-0.25, -0.2) is 13.6 Å². The summed E-state index contributed by atoms with van der Waals surface area (Å²) in [6.07, 6.45) is -3.28. The highest BCUT2D eigenvalue weighted by Gasteiger charge is 2.33. The van der Waals surface area contributed by atoms with Crippen LogP contribution in [0.3, 0.4) is 0 Å². The molecule has 0 bridgehead atoms. The molecule has 0 amide bonds. The first-order chi connectivity index (χ1) is 21.8. The van der Waals surface area contributed by atoms with Gasteiger partial charge in [0, 0.05) is 37.4 Å². The van der Waals surface area contributed by atoms with Gasteiger partial charge in [0.25, 0.3) is 0 Å². The quantitative estimate of drug-likeness (QED) is 0.138. The zero-order valence-electron chi connectivity index (χ0n) is 25.0. The number of benzene rings is 3. The molecule has 3 rings (SSSR count). The number of hydrogen-bond acceptors (Lipinski definition) is 11. The molecule has 0 aliphatic carbocycles. The zero-order valence-corrected chi connectivity index (χ0v) is 26.6. The van der Waals surface area contributed by atoms with Crippen LogP contribution in [0.15, 0.2) is 53.4 Å². The Morgan fingerprint density at radius 3 is 1.77 bits per heavy atom. The summed E-state index contributed by atoms with van der Waals surface area (Å²) in [5.74, 6) is 0.120. The monoisotopic (exact) mass is 707 g/mol. The Balaban J connectivity index is 0.000000327. The molecule has 0 atom stereocenters. The fourth-order valence-electron chi connectivity index (χ4n) is 4.09. The van der Waals surface area contributed by atoms with Gasteiger partial charge in [0.2, 0.25) is 15.8 Å². The number of sulfonamides is 1. The number of nitrogens with zero attached hydrogens (tertiary/aromatic N) is 4. The second-order valence-electron chi connectivity index (χ2n) is 9.42. The number of alkyl halides is 3. The normalized spacial score (nSPS) is 11.2. The smallest absolute Gasteiger partial charge is 0.416 e. The summed E-state index contributed by atoms with van der Waals surface area (Å²) in [6.45, 7) is 6.25. The van der Waals surface area contributed by atoms with Crippen molar-refractivity contribution in [3.8, 4) is 17.2 Å². The van der Waals surface area contributed by atoms with Crippen LogP contribution in [0, 0.1) is 30.3 Å². The van der Waals surface area contributed by atoms with Crippen LogP contribution in [-0.4, -0.2) is 42.9 Å². The molecule has 47 heavy (non-hydrogen) atoms. The Kier molecular flexibility index (Phi) is 13.2. The van der Waals surface area contributed by atoms with Crippen LogP contribution in [0.4, 0.5) is 35.9 Å². The van der Waals surface area contributed by atoms with Gasteiger partial charge in [-0.15, -0.1) is 0 Å². The van der Waals surface area contributed by atoms with Crippen LogP contribution >= 0.6 is 11.6 Å². The van der Waals surface area contributed by atoms with E-state index in [1.54, 1.807) is 6.92 Å². The molecule has 0 saturated heterocycles. The van der Waals surface area contributed by atoms with Crippen molar-refractivity contribution in [2.45, 2.75) is 44.7 Å². The van der Waals surface area contributed by atoms with E-state index in [1.165, 1.54) is 23.1 Å². The largest absolute Gasteiger partial charge is 0.487 e. The van der Waals surface area contributed by atoms with Gasteiger partial charge in [0.05, 0.1) is 36.9 Å². The lowest BCUT2D eigenvalue weighted by Gasteiger charge is -2.23. The van der Waals surface area contributed by atoms with E-state index >= 15 is 0 Å². The highest BCUT2D eigenvalue weighted by atomic mass is 35.5. The third kappa shape index (κ3) is 10.4. The van der Waals surface area contributed by atoms with Gasteiger partial charge in [0.15, 0.2) is 5.69 Å². The van der Waals surface area contributed by atoms with Crippen molar-refractivity contribution in [3.63, 3.8) is 0 Å². The van der Waals surface area contributed by atoms with Crippen molar-refractivity contribution in [2.24, 2.45) is 5.14 Å². The molecule has 0 saturated carbocycles. The van der Waals surface area contributed by atoms with Gasteiger partial charge in [-0.1, -0.05) is 25.4 Å². The van der Waals surface area contributed by atoms with Gasteiger partial charge < -0.3 is 14.4 Å². The number of primary sulfonamides is 1. The molecule has 15 nitrogen and oxygen atoms in total. The first kappa shape index (κ1) is 38.4. The Labute approximate surface area is 271 Å². The van der Waals surface area contributed by atoms with E-state index in [4.69, 9.17) is 26.2 Å². The van der Waals surface area contributed by atoms with Gasteiger partial charge in [-0.3, -0.25) is 30.3 Å². The summed E-state index contributed by atoms with van der Waals surface area (Å²) >= 11 is 5.80. The summed E-state index contributed by atoms with van der Waals surface area (Å²) in [6, 6.07) is 7.92. The molecule has 3 aromatic rings. The zero-order chi connectivity index (χ0) is 35.7. The minimum absolute atomic E-state index is 0.0111. The number of rotatable bonds is 13. The molecular weight excluding hydrogens is 679 g/mol. The van der Waals surface area contributed by atoms with Crippen LogP contribution in [0.1, 0.15) is 39.2 Å². The minimum Gasteiger partial charge on any atom is -0.487 e. The van der Waals surface area contributed by atoms with E-state index in [0.717, 1.165) is 30.3 Å². The maximum Gasteiger partial charge on any atom is 0.416 e. The molecule has 0 aliphatic heterocycles. The highest BCUT2D eigenvalue weighted by Crippen LogP contribution is 2.41. The lowest BCUT2D eigenvalue weighted by molar-refractivity contribution is -0.393. The van der Waals surface area contributed by atoms with E-state index in [9.17, 15) is 51.9 Å². The van der Waals surface area contributed by atoms with E-state index < -0.39 is 52.8 Å². The molecule has 0 aliphatic rings. The third-order valence-corrected chi connectivity index (χ3v) is 7.17. The van der Waals surface area contributed by atoms with Crippen molar-refractivity contribution >= 4 is 44.4 Å². The Bertz CT molecular complexity index is 1700. The maximum absolute atomic E-state index is 12.6. The first-order valence-electron chi connectivity index (χ1n) is 13.6. The van der Waals surface area contributed by atoms with Crippen molar-refractivity contribution in [1.29, 1.82) is 0 Å². The van der Waals surface area contributed by atoms with Crippen LogP contribution in [-0.2, 0) is 16.2 Å². The molecule has 0 aromatic heterocycles. The van der Waals surface area contributed by atoms with Gasteiger partial charge in [0.1, 0.15) is 11.5 Å². The topological polar surface area (TPSA) is 211 Å². The second-order valence-corrected chi connectivity index (χ2v) is 11.4. The predicted molar refractivity (Wildman–Crippen MR) is 165 cm³/mol. The predicted octanol–water partition coefficient (Wildman–Crippen LogP) is 7.23. The summed E-state index contributed by atoms with van der Waals surface area (Å²) in [5.41, 5.74) is -2.65. The maximum atomic E-state index is 12.6. The van der Waals surface area contributed by atoms with Gasteiger partial charge in [-0.05, 0) is 44.0 Å². The van der Waals surface area contributed by atoms with E-state index in [1.807, 2.05) is 13.8 Å². The van der Waals surface area contributed by atoms with Crippen LogP contribution in [0.2, 0.25) is 5.02 Å². The van der Waals surface area contributed by atoms with Crippen molar-refractivity contribution in [2.75, 3.05) is 24.6 Å². The van der Waals surface area contributed by atoms with Gasteiger partial charge in [-0.2, -0.15) is 13.2 Å². The van der Waals surface area contributed by atoms with Crippen LogP contribution < -0.4 is 19.5 Å². The SMILES string of the molecule is CCCN(CCC)c1c([N+](=O)[O-])cc(S(N)(=O)=O)cc1[N+](=O)[O-].CCOc1cc(Oc2ccc(C(F)(F)F)cc2Cl)ccc1[N+](=O)[O-]. The van der Waals surface area contributed by atoms with E-state index in [-0.39, 0.29) is 40.3 Å². The summed E-state index contributed by atoms with van der Waals surface area (Å²) in [4.78, 5) is 32.1. The fraction of sp³-hybridized carbons (Fsp3) is 0.333. The molecule has 2 N–H and O–H groups in total. The second kappa shape index (κ2) is 16.2. The molecule has 0 spiro atoms. The van der Waals surface area contributed by atoms with Crippen LogP contribution in [0.5, 0.6) is 17.2 Å². The molecule has 256 valence electrons. The molecule has 0 radical (unpaired) electrons. The molecule has 0 unspecified atom stereocenters. The summed E-state index contributed by atoms with van der Waals surface area (Å²) < 4.78 is 71.2. The Morgan fingerprint density at radius 1 is 0.830 bits per heavy atom. The van der Waals surface area contributed by atoms with E-state index in [2.05, 4.69) is 0 Å². The van der Waals surface area contributed by atoms with E-state index in [0.29, 0.717) is 25.9 Å². The molecular formula is C27H29ClF3N5O10S. The van der Waals surface area contributed by atoms with Crippen LogP contribution in [0.25, 0.3) is 0 Å². The first-order valence-corrected chi connectivity index (χ1v) is 15.5. The number of ether oxygens (including phenoxy) is 2. The highest BCUT2D eigenvalue weighted by molar-refractivity contribution is 7.89. The number of nitro groups is 3. The average Bonchev–Trinajstić information content (AvgIpc) is 2.97. The number of anilines is 1. The number of nitro benzene ring substituents is 3. The number of halogens is 4. The standard InChI is InChI=1S/C15H11ClF3NO4.C12H18N4O6S/c1-2-23-14-8-10(4-5-12(14)20(21)22)24-13-6-3-9(7-11(13)16)15(17,18)19;1-3-5-14(6-4-2)12-10(15(17)18)7-9(23(13,21)22)8-11(12)16(19)20/h3-8H,2H2,1H3;7-8H,3-6H2,1-2H3,(H2,13,21,22). The van der Waals surface area contributed by atoms with Crippen molar-refractivity contribution in [3.05, 3.63) is 89.5 Å². The fourth-order valence-corrected chi connectivity index (χ4v) is 4.86. The van der Waals surface area contributed by atoms with Gasteiger partial charge >= 0.3 is 23.2 Å². The average molecular weight is 708 g/mol. The molecule has 3 aromatic carbocycles. The molecule has 0 heterocycles. The lowest BCUT2D eigenvalue weighted by atomic mass is 10.2. The molecule has 0 fully saturated rings. The Hall–Kier alpha value is -4.75. The summed E-state index contributed by atoms with van der Waals surface area (Å²) in [7, 11) is -4.31. The molecule has 20 heteroatoms. The minimum atomic E-state index is -4.52. The van der Waals surface area contributed by atoms with Crippen molar-refractivity contribution < 1.29 is 45.8 Å². The number of hydrogen-bond donors (Lipinski definition) is 1. The number of nitrogens with two attached hydrogens (primary N) is 1. The summed E-state index contributed by atoms with van der Waals surface area (Å²) in [5, 5.41) is 38.2. The Morgan fingerprint density at radius 2 is 1.36 bits per heavy atom. The third-order valence-electron chi connectivity index (χ3n) is 5.98. The van der Waals surface area contributed by atoms with Crippen molar-refractivity contribution in [1.82, 2.24) is 0 Å².